The van der Waals surface area contributed by atoms with Gasteiger partial charge in [-0.05, 0) is 56.2 Å². The lowest BCUT2D eigenvalue weighted by atomic mass is 10.1. The van der Waals surface area contributed by atoms with E-state index in [0.717, 1.165) is 17.0 Å². The molecular formula is C23H24N6O3S. The number of carbonyl (C=O) groups excluding carboxylic acids is 1. The number of sulfonamides is 1. The molecule has 0 atom stereocenters. The zero-order chi connectivity index (χ0) is 23.6. The number of para-hydroxylation sites is 1. The minimum Gasteiger partial charge on any atom is -0.326 e. The fourth-order valence-electron chi connectivity index (χ4n) is 3.65. The average Bonchev–Trinajstić information content (AvgIpc) is 3.27. The van der Waals surface area contributed by atoms with Crippen LogP contribution in [0.2, 0.25) is 0 Å². The molecule has 0 fully saturated rings. The maximum absolute atomic E-state index is 13.0. The summed E-state index contributed by atoms with van der Waals surface area (Å²) in [7, 11) is -2.27. The van der Waals surface area contributed by atoms with E-state index in [4.69, 9.17) is 0 Å². The highest BCUT2D eigenvalue weighted by atomic mass is 32.2. The number of hydrogen-bond acceptors (Lipinski definition) is 6. The predicted octanol–water partition coefficient (Wildman–Crippen LogP) is 3.14. The Labute approximate surface area is 192 Å². The summed E-state index contributed by atoms with van der Waals surface area (Å²) in [4.78, 5) is 21.2. The summed E-state index contributed by atoms with van der Waals surface area (Å²) in [5.41, 5.74) is 3.60. The molecule has 0 radical (unpaired) electrons. The highest BCUT2D eigenvalue weighted by Crippen LogP contribution is 2.24. The third kappa shape index (κ3) is 4.56. The molecule has 0 aliphatic heterocycles. The standard InChI is InChI=1S/C23H24N6O3S/c1-16-21(17(2)29-23(26-16)24-15-25-29)12-13-22(30)27-18-8-7-11-20(14-18)33(31,32)28(3)19-9-5-4-6-10-19/h4-11,14-15H,12-13H2,1-3H3,(H,27,30). The van der Waals surface area contributed by atoms with Gasteiger partial charge in [0.25, 0.3) is 15.8 Å². The van der Waals surface area contributed by atoms with Gasteiger partial charge in [0.2, 0.25) is 5.91 Å². The summed E-state index contributed by atoms with van der Waals surface area (Å²) in [5.74, 6) is 0.301. The van der Waals surface area contributed by atoms with Crippen LogP contribution in [0.4, 0.5) is 11.4 Å². The molecule has 2 aromatic carbocycles. The van der Waals surface area contributed by atoms with Gasteiger partial charge in [0.15, 0.2) is 0 Å². The van der Waals surface area contributed by atoms with Crippen LogP contribution in [-0.2, 0) is 21.2 Å². The number of benzene rings is 2. The molecule has 170 valence electrons. The number of carbonyl (C=O) groups is 1. The van der Waals surface area contributed by atoms with Crippen molar-refractivity contribution in [3.8, 4) is 0 Å². The predicted molar refractivity (Wildman–Crippen MR) is 126 cm³/mol. The molecule has 0 aliphatic rings. The molecule has 33 heavy (non-hydrogen) atoms. The molecule has 0 unspecified atom stereocenters. The van der Waals surface area contributed by atoms with E-state index in [1.165, 1.54) is 29.8 Å². The maximum atomic E-state index is 13.0. The Morgan fingerprint density at radius 1 is 1.09 bits per heavy atom. The van der Waals surface area contributed by atoms with Crippen molar-refractivity contribution in [1.82, 2.24) is 19.6 Å². The molecule has 10 heteroatoms. The minimum absolute atomic E-state index is 0.0965. The second-order valence-electron chi connectivity index (χ2n) is 7.62. The molecular weight excluding hydrogens is 440 g/mol. The van der Waals surface area contributed by atoms with Crippen LogP contribution in [0.1, 0.15) is 23.4 Å². The van der Waals surface area contributed by atoms with Crippen molar-refractivity contribution in [2.75, 3.05) is 16.7 Å². The van der Waals surface area contributed by atoms with Gasteiger partial charge < -0.3 is 5.32 Å². The Morgan fingerprint density at radius 2 is 1.85 bits per heavy atom. The Morgan fingerprint density at radius 3 is 2.61 bits per heavy atom. The van der Waals surface area contributed by atoms with Crippen LogP contribution in [0.25, 0.3) is 5.78 Å². The molecule has 0 bridgehead atoms. The highest BCUT2D eigenvalue weighted by molar-refractivity contribution is 7.92. The number of nitrogens with one attached hydrogen (secondary N) is 1. The van der Waals surface area contributed by atoms with Gasteiger partial charge in [-0.15, -0.1) is 0 Å². The van der Waals surface area contributed by atoms with Crippen molar-refractivity contribution in [2.24, 2.45) is 0 Å². The lowest BCUT2D eigenvalue weighted by molar-refractivity contribution is -0.116. The zero-order valence-electron chi connectivity index (χ0n) is 18.6. The van der Waals surface area contributed by atoms with E-state index in [1.807, 2.05) is 19.9 Å². The van der Waals surface area contributed by atoms with E-state index in [2.05, 4.69) is 20.4 Å². The first-order chi connectivity index (χ1) is 15.8. The second-order valence-corrected chi connectivity index (χ2v) is 9.59. The van der Waals surface area contributed by atoms with Crippen LogP contribution in [0.3, 0.4) is 0 Å². The molecule has 2 aromatic heterocycles. The fourth-order valence-corrected chi connectivity index (χ4v) is 4.89. The van der Waals surface area contributed by atoms with Crippen LogP contribution in [0.15, 0.2) is 65.8 Å². The summed E-state index contributed by atoms with van der Waals surface area (Å²) < 4.78 is 28.9. The molecule has 1 amide bonds. The molecule has 0 spiro atoms. The van der Waals surface area contributed by atoms with E-state index in [1.54, 1.807) is 40.9 Å². The van der Waals surface area contributed by atoms with E-state index in [9.17, 15) is 13.2 Å². The normalized spacial score (nSPS) is 11.5. The van der Waals surface area contributed by atoms with Gasteiger partial charge >= 0.3 is 0 Å². The number of anilines is 2. The lowest BCUT2D eigenvalue weighted by Gasteiger charge is -2.20. The van der Waals surface area contributed by atoms with Gasteiger partial charge in [-0.1, -0.05) is 24.3 Å². The fraction of sp³-hybridized carbons (Fsp3) is 0.217. The first-order valence-corrected chi connectivity index (χ1v) is 11.8. The Balaban J connectivity index is 1.47. The molecule has 0 aliphatic carbocycles. The van der Waals surface area contributed by atoms with Crippen molar-refractivity contribution in [1.29, 1.82) is 0 Å². The van der Waals surface area contributed by atoms with Gasteiger partial charge in [0.1, 0.15) is 6.33 Å². The topological polar surface area (TPSA) is 110 Å². The number of hydrogen-bond donors (Lipinski definition) is 1. The smallest absolute Gasteiger partial charge is 0.264 e. The summed E-state index contributed by atoms with van der Waals surface area (Å²) in [5, 5.41) is 6.96. The Kier molecular flexibility index (Phi) is 6.10. The molecule has 0 saturated carbocycles. The zero-order valence-corrected chi connectivity index (χ0v) is 19.4. The quantitative estimate of drug-likeness (QED) is 0.450. The summed E-state index contributed by atoms with van der Waals surface area (Å²) in [6.07, 6.45) is 2.13. The summed E-state index contributed by atoms with van der Waals surface area (Å²) >= 11 is 0. The molecule has 9 nitrogen and oxygen atoms in total. The number of nitrogens with zero attached hydrogens (tertiary/aromatic N) is 5. The number of aryl methyl sites for hydroxylation is 2. The highest BCUT2D eigenvalue weighted by Gasteiger charge is 2.22. The van der Waals surface area contributed by atoms with E-state index < -0.39 is 10.0 Å². The van der Waals surface area contributed by atoms with Gasteiger partial charge in [-0.3, -0.25) is 9.10 Å². The first kappa shape index (κ1) is 22.4. The molecule has 1 N–H and O–H groups in total. The van der Waals surface area contributed by atoms with Gasteiger partial charge in [0, 0.05) is 30.5 Å². The average molecular weight is 465 g/mol. The van der Waals surface area contributed by atoms with Crippen LogP contribution in [0, 0.1) is 13.8 Å². The monoisotopic (exact) mass is 464 g/mol. The number of aromatic nitrogens is 4. The SMILES string of the molecule is Cc1nc2ncnn2c(C)c1CCC(=O)Nc1cccc(S(=O)(=O)N(C)c2ccccc2)c1. The van der Waals surface area contributed by atoms with Gasteiger partial charge in [-0.2, -0.15) is 10.1 Å². The second kappa shape index (κ2) is 8.99. The third-order valence-corrected chi connectivity index (χ3v) is 7.27. The van der Waals surface area contributed by atoms with Crippen LogP contribution in [0.5, 0.6) is 0 Å². The van der Waals surface area contributed by atoms with E-state index in [-0.39, 0.29) is 17.2 Å². The van der Waals surface area contributed by atoms with Crippen molar-refractivity contribution in [3.63, 3.8) is 0 Å². The number of fused-ring (bicyclic) bond motifs is 1. The largest absolute Gasteiger partial charge is 0.326 e. The van der Waals surface area contributed by atoms with Crippen LogP contribution >= 0.6 is 0 Å². The van der Waals surface area contributed by atoms with Crippen molar-refractivity contribution >= 4 is 33.1 Å². The number of rotatable bonds is 7. The van der Waals surface area contributed by atoms with Gasteiger partial charge in [0.05, 0.1) is 10.6 Å². The lowest BCUT2D eigenvalue weighted by Crippen LogP contribution is -2.26. The molecule has 2 heterocycles. The Hall–Kier alpha value is -3.79. The molecule has 4 aromatic rings. The van der Waals surface area contributed by atoms with Crippen molar-refractivity contribution < 1.29 is 13.2 Å². The van der Waals surface area contributed by atoms with Gasteiger partial charge in [-0.25, -0.2) is 17.9 Å². The van der Waals surface area contributed by atoms with Crippen LogP contribution < -0.4 is 9.62 Å². The van der Waals surface area contributed by atoms with Crippen LogP contribution in [-0.4, -0.2) is 41.0 Å². The van der Waals surface area contributed by atoms with E-state index >= 15 is 0 Å². The maximum Gasteiger partial charge on any atom is 0.264 e. The molecule has 0 saturated heterocycles. The number of amides is 1. The third-order valence-electron chi connectivity index (χ3n) is 5.49. The first-order valence-electron chi connectivity index (χ1n) is 10.4. The summed E-state index contributed by atoms with van der Waals surface area (Å²) in [6.45, 7) is 3.80. The summed E-state index contributed by atoms with van der Waals surface area (Å²) in [6, 6.07) is 15.1. The van der Waals surface area contributed by atoms with Crippen molar-refractivity contribution in [2.45, 2.75) is 31.6 Å². The molecule has 4 rings (SSSR count). The minimum atomic E-state index is -3.77. The van der Waals surface area contributed by atoms with E-state index in [0.29, 0.717) is 23.6 Å². The Bertz CT molecular complexity index is 1420. The van der Waals surface area contributed by atoms with Crippen molar-refractivity contribution in [3.05, 3.63) is 77.9 Å².